The molecule has 2 aromatic carbocycles. The largest absolute Gasteiger partial charge is 0.497 e. The van der Waals surface area contributed by atoms with Crippen molar-refractivity contribution < 1.29 is 23.5 Å². The van der Waals surface area contributed by atoms with Gasteiger partial charge in [-0.2, -0.15) is 0 Å². The highest BCUT2D eigenvalue weighted by atomic mass is 19.1. The third-order valence-corrected chi connectivity index (χ3v) is 4.16. The number of nitrogens with zero attached hydrogens (tertiary/aromatic N) is 1. The normalized spacial score (nSPS) is 11.7. The molecule has 6 nitrogen and oxygen atoms in total. The number of rotatable bonds is 9. The van der Waals surface area contributed by atoms with Gasteiger partial charge in [0.25, 0.3) is 0 Å². The van der Waals surface area contributed by atoms with E-state index in [1.54, 1.807) is 39.3 Å². The maximum Gasteiger partial charge on any atom is 0.244 e. The Kier molecular flexibility index (Phi) is 8.21. The maximum absolute atomic E-state index is 12.9. The van der Waals surface area contributed by atoms with Crippen LogP contribution < -0.4 is 14.8 Å². The van der Waals surface area contributed by atoms with Crippen molar-refractivity contribution >= 4 is 17.9 Å². The smallest absolute Gasteiger partial charge is 0.244 e. The molecule has 0 heterocycles. The first-order valence-electron chi connectivity index (χ1n) is 9.15. The molecule has 0 bridgehead atoms. The predicted octanol–water partition coefficient (Wildman–Crippen LogP) is 2.89. The molecule has 0 aromatic heterocycles. The van der Waals surface area contributed by atoms with Crippen molar-refractivity contribution in [2.75, 3.05) is 27.3 Å². The number of benzene rings is 2. The fourth-order valence-electron chi connectivity index (χ4n) is 2.48. The lowest BCUT2D eigenvalue weighted by Crippen LogP contribution is -2.46. The van der Waals surface area contributed by atoms with E-state index in [0.29, 0.717) is 12.3 Å². The van der Waals surface area contributed by atoms with Crippen molar-refractivity contribution in [3.8, 4) is 11.5 Å². The number of methoxy groups -OCH3 is 1. The molecule has 7 heteroatoms. The van der Waals surface area contributed by atoms with Crippen molar-refractivity contribution in [1.29, 1.82) is 0 Å². The zero-order valence-electron chi connectivity index (χ0n) is 16.7. The topological polar surface area (TPSA) is 67.9 Å². The minimum Gasteiger partial charge on any atom is -0.497 e. The lowest BCUT2D eigenvalue weighted by molar-refractivity contribution is -0.134. The Morgan fingerprint density at radius 1 is 1.10 bits per heavy atom. The molecule has 0 saturated heterocycles. The SMILES string of the molecule is COc1ccc(/C=C/C(=O)N[C@@H](C)C(=O)N(C)CCOc2ccc(F)cc2)cc1. The summed E-state index contributed by atoms with van der Waals surface area (Å²) < 4.78 is 23.4. The molecule has 0 aliphatic rings. The molecule has 29 heavy (non-hydrogen) atoms. The maximum atomic E-state index is 12.9. The van der Waals surface area contributed by atoms with Gasteiger partial charge >= 0.3 is 0 Å². The van der Waals surface area contributed by atoms with Crippen LogP contribution in [0.2, 0.25) is 0 Å². The summed E-state index contributed by atoms with van der Waals surface area (Å²) in [7, 11) is 3.22. The minimum absolute atomic E-state index is 0.237. The summed E-state index contributed by atoms with van der Waals surface area (Å²) in [6.07, 6.45) is 3.04. The summed E-state index contributed by atoms with van der Waals surface area (Å²) in [4.78, 5) is 25.9. The first-order valence-corrected chi connectivity index (χ1v) is 9.15. The second-order valence-corrected chi connectivity index (χ2v) is 6.40. The highest BCUT2D eigenvalue weighted by Gasteiger charge is 2.18. The molecule has 0 fully saturated rings. The number of carbonyl (C=O) groups excluding carboxylic acids is 2. The lowest BCUT2D eigenvalue weighted by Gasteiger charge is -2.21. The summed E-state index contributed by atoms with van der Waals surface area (Å²) in [6, 6.07) is 12.2. The van der Waals surface area contributed by atoms with Gasteiger partial charge in [0.05, 0.1) is 13.7 Å². The van der Waals surface area contributed by atoms with Crippen molar-refractivity contribution in [1.82, 2.24) is 10.2 Å². The van der Waals surface area contributed by atoms with Crippen LogP contribution in [0.1, 0.15) is 12.5 Å². The number of likely N-dealkylation sites (N-methyl/N-ethyl adjacent to an activating group) is 1. The van der Waals surface area contributed by atoms with Gasteiger partial charge in [0, 0.05) is 13.1 Å². The van der Waals surface area contributed by atoms with Crippen LogP contribution in [0.25, 0.3) is 6.08 Å². The first-order chi connectivity index (χ1) is 13.9. The van der Waals surface area contributed by atoms with E-state index in [2.05, 4.69) is 5.32 Å². The Morgan fingerprint density at radius 2 is 1.72 bits per heavy atom. The number of carbonyl (C=O) groups is 2. The van der Waals surface area contributed by atoms with Gasteiger partial charge in [-0.3, -0.25) is 9.59 Å². The summed E-state index contributed by atoms with van der Waals surface area (Å²) in [5.74, 6) is 0.321. The van der Waals surface area contributed by atoms with E-state index >= 15 is 0 Å². The zero-order valence-corrected chi connectivity index (χ0v) is 16.7. The molecular weight excluding hydrogens is 375 g/mol. The van der Waals surface area contributed by atoms with Crippen LogP contribution in [0.3, 0.4) is 0 Å². The van der Waals surface area contributed by atoms with Crippen LogP contribution in [0.15, 0.2) is 54.6 Å². The molecule has 1 N–H and O–H groups in total. The third kappa shape index (κ3) is 7.29. The second-order valence-electron chi connectivity index (χ2n) is 6.40. The molecule has 1 atom stereocenters. The van der Waals surface area contributed by atoms with E-state index in [0.717, 1.165) is 11.3 Å². The molecule has 2 amide bonds. The summed E-state index contributed by atoms with van der Waals surface area (Å²) in [6.45, 7) is 2.21. The summed E-state index contributed by atoms with van der Waals surface area (Å²) >= 11 is 0. The monoisotopic (exact) mass is 400 g/mol. The first kappa shape index (κ1) is 21.9. The van der Waals surface area contributed by atoms with Crippen molar-refractivity contribution in [2.45, 2.75) is 13.0 Å². The molecule has 154 valence electrons. The van der Waals surface area contributed by atoms with E-state index in [9.17, 15) is 14.0 Å². The third-order valence-electron chi connectivity index (χ3n) is 4.16. The average Bonchev–Trinajstić information content (AvgIpc) is 2.73. The molecule has 2 aromatic rings. The number of halogens is 1. The Balaban J connectivity index is 1.76. The number of hydrogen-bond donors (Lipinski definition) is 1. The number of amides is 2. The van der Waals surface area contributed by atoms with Gasteiger partial charge in [0.15, 0.2) is 0 Å². The standard InChI is InChI=1S/C22H25FN2O4/c1-16(24-21(26)13-6-17-4-9-19(28-3)10-5-17)22(27)25(2)14-15-29-20-11-7-18(23)8-12-20/h4-13,16H,14-15H2,1-3H3,(H,24,26)/b13-6+/t16-/m0/s1. The quantitative estimate of drug-likeness (QED) is 0.658. The van der Waals surface area contributed by atoms with Gasteiger partial charge in [-0.25, -0.2) is 4.39 Å². The molecule has 0 saturated carbocycles. The van der Waals surface area contributed by atoms with E-state index in [1.165, 1.54) is 35.2 Å². The molecule has 0 spiro atoms. The van der Waals surface area contributed by atoms with E-state index in [1.807, 2.05) is 12.1 Å². The van der Waals surface area contributed by atoms with Crippen molar-refractivity contribution in [3.63, 3.8) is 0 Å². The molecule has 0 unspecified atom stereocenters. The molecular formula is C22H25FN2O4. The van der Waals surface area contributed by atoms with Crippen LogP contribution in [0.4, 0.5) is 4.39 Å². The fourth-order valence-corrected chi connectivity index (χ4v) is 2.48. The van der Waals surface area contributed by atoms with Gasteiger partial charge in [0.1, 0.15) is 30.0 Å². The average molecular weight is 400 g/mol. The Morgan fingerprint density at radius 3 is 2.34 bits per heavy atom. The van der Waals surface area contributed by atoms with Gasteiger partial charge < -0.3 is 19.7 Å². The highest BCUT2D eigenvalue weighted by molar-refractivity contribution is 5.95. The fraction of sp³-hybridized carbons (Fsp3) is 0.273. The number of hydrogen-bond acceptors (Lipinski definition) is 4. The predicted molar refractivity (Wildman–Crippen MR) is 109 cm³/mol. The highest BCUT2D eigenvalue weighted by Crippen LogP contribution is 2.12. The number of ether oxygens (including phenoxy) is 2. The van der Waals surface area contributed by atoms with Gasteiger partial charge in [-0.05, 0) is 55.0 Å². The summed E-state index contributed by atoms with van der Waals surface area (Å²) in [5.41, 5.74) is 0.843. The van der Waals surface area contributed by atoms with Crippen LogP contribution in [-0.4, -0.2) is 50.1 Å². The summed E-state index contributed by atoms with van der Waals surface area (Å²) in [5, 5.41) is 2.64. The van der Waals surface area contributed by atoms with Crippen LogP contribution in [-0.2, 0) is 9.59 Å². The Hall–Kier alpha value is -3.35. The van der Waals surface area contributed by atoms with Crippen molar-refractivity contribution in [3.05, 3.63) is 66.0 Å². The van der Waals surface area contributed by atoms with Gasteiger partial charge in [-0.1, -0.05) is 12.1 Å². The molecule has 0 aliphatic carbocycles. The Bertz CT molecular complexity index is 835. The molecule has 0 radical (unpaired) electrons. The minimum atomic E-state index is -0.682. The number of nitrogens with one attached hydrogen (secondary N) is 1. The van der Waals surface area contributed by atoms with Crippen LogP contribution in [0.5, 0.6) is 11.5 Å². The van der Waals surface area contributed by atoms with Crippen LogP contribution in [0, 0.1) is 5.82 Å². The molecule has 2 rings (SSSR count). The van der Waals surface area contributed by atoms with E-state index < -0.39 is 6.04 Å². The van der Waals surface area contributed by atoms with Crippen LogP contribution >= 0.6 is 0 Å². The lowest BCUT2D eigenvalue weighted by atomic mass is 10.2. The van der Waals surface area contributed by atoms with Gasteiger partial charge in [-0.15, -0.1) is 0 Å². The van der Waals surface area contributed by atoms with Crippen molar-refractivity contribution in [2.24, 2.45) is 0 Å². The van der Waals surface area contributed by atoms with Gasteiger partial charge in [0.2, 0.25) is 11.8 Å². The van der Waals surface area contributed by atoms with E-state index in [4.69, 9.17) is 9.47 Å². The van der Waals surface area contributed by atoms with E-state index in [-0.39, 0.29) is 24.2 Å². The molecule has 0 aliphatic heterocycles. The zero-order chi connectivity index (χ0) is 21.2. The Labute approximate surface area is 169 Å². The second kappa shape index (κ2) is 10.8.